The highest BCUT2D eigenvalue weighted by Gasteiger charge is 2.15. The Bertz CT molecular complexity index is 334. The normalized spacial score (nSPS) is 17.7. The van der Waals surface area contributed by atoms with Crippen molar-refractivity contribution in [3.05, 3.63) is 24.0 Å². The molecule has 1 saturated carbocycles. The number of hydrogen-bond donors (Lipinski definition) is 1. The summed E-state index contributed by atoms with van der Waals surface area (Å²) in [6, 6.07) is 4.30. The monoisotopic (exact) mass is 209 g/mol. The van der Waals surface area contributed by atoms with Crippen molar-refractivity contribution < 1.29 is 9.13 Å². The van der Waals surface area contributed by atoms with Crippen LogP contribution in [0.15, 0.2) is 18.2 Å². The number of benzene rings is 1. The van der Waals surface area contributed by atoms with Gasteiger partial charge in [-0.1, -0.05) is 6.42 Å². The number of nitrogen functional groups attached to an aromatic ring is 1. The van der Waals surface area contributed by atoms with Gasteiger partial charge in [0.25, 0.3) is 0 Å². The van der Waals surface area contributed by atoms with Gasteiger partial charge in [0.15, 0.2) is 0 Å². The van der Waals surface area contributed by atoms with Gasteiger partial charge in [0.1, 0.15) is 11.6 Å². The standard InChI is InChI=1S/C12H16FNO/c13-9-6-7-12(11(14)8-9)15-10-4-2-1-3-5-10/h6-8,10H,1-5,14H2. The summed E-state index contributed by atoms with van der Waals surface area (Å²) in [6.45, 7) is 0. The van der Waals surface area contributed by atoms with Crippen molar-refractivity contribution in [3.63, 3.8) is 0 Å². The molecule has 1 aromatic rings. The van der Waals surface area contributed by atoms with Gasteiger partial charge in [-0.05, 0) is 37.8 Å². The molecule has 0 atom stereocenters. The smallest absolute Gasteiger partial charge is 0.142 e. The first-order valence-corrected chi connectivity index (χ1v) is 5.47. The Balaban J connectivity index is 2.03. The second kappa shape index (κ2) is 4.51. The summed E-state index contributed by atoms with van der Waals surface area (Å²) >= 11 is 0. The lowest BCUT2D eigenvalue weighted by Crippen LogP contribution is -2.20. The van der Waals surface area contributed by atoms with Crippen molar-refractivity contribution in [1.29, 1.82) is 0 Å². The van der Waals surface area contributed by atoms with Crippen molar-refractivity contribution in [2.75, 3.05) is 5.73 Å². The van der Waals surface area contributed by atoms with Crippen molar-refractivity contribution in [3.8, 4) is 5.75 Å². The van der Waals surface area contributed by atoms with Crippen molar-refractivity contribution in [2.45, 2.75) is 38.2 Å². The number of anilines is 1. The van der Waals surface area contributed by atoms with Crippen molar-refractivity contribution >= 4 is 5.69 Å². The molecule has 1 aromatic carbocycles. The summed E-state index contributed by atoms with van der Waals surface area (Å²) in [5, 5.41) is 0. The second-order valence-electron chi connectivity index (χ2n) is 4.06. The van der Waals surface area contributed by atoms with Gasteiger partial charge in [-0.3, -0.25) is 0 Å². The van der Waals surface area contributed by atoms with Crippen LogP contribution in [0.4, 0.5) is 10.1 Å². The maximum Gasteiger partial charge on any atom is 0.142 e. The van der Waals surface area contributed by atoms with Gasteiger partial charge in [-0.2, -0.15) is 0 Å². The van der Waals surface area contributed by atoms with E-state index in [1.165, 1.54) is 31.4 Å². The third-order valence-corrected chi connectivity index (χ3v) is 2.82. The molecule has 2 nitrogen and oxygen atoms in total. The summed E-state index contributed by atoms with van der Waals surface area (Å²) in [5.74, 6) is 0.298. The van der Waals surface area contributed by atoms with E-state index >= 15 is 0 Å². The summed E-state index contributed by atoms with van der Waals surface area (Å²) < 4.78 is 18.5. The zero-order valence-electron chi connectivity index (χ0n) is 8.71. The fourth-order valence-corrected chi connectivity index (χ4v) is 1.99. The molecule has 0 aromatic heterocycles. The highest BCUT2D eigenvalue weighted by atomic mass is 19.1. The first-order valence-electron chi connectivity index (χ1n) is 5.47. The minimum Gasteiger partial charge on any atom is -0.488 e. The van der Waals surface area contributed by atoms with Gasteiger partial charge in [-0.15, -0.1) is 0 Å². The summed E-state index contributed by atoms with van der Waals surface area (Å²) in [4.78, 5) is 0. The molecule has 82 valence electrons. The summed E-state index contributed by atoms with van der Waals surface area (Å²) in [6.07, 6.45) is 6.13. The molecule has 1 aliphatic rings. The maximum absolute atomic E-state index is 12.8. The third-order valence-electron chi connectivity index (χ3n) is 2.82. The van der Waals surface area contributed by atoms with E-state index in [0.29, 0.717) is 11.4 Å². The minimum absolute atomic E-state index is 0.256. The highest BCUT2D eigenvalue weighted by Crippen LogP contribution is 2.27. The first-order chi connectivity index (χ1) is 7.25. The van der Waals surface area contributed by atoms with E-state index < -0.39 is 0 Å². The topological polar surface area (TPSA) is 35.2 Å². The third kappa shape index (κ3) is 2.61. The van der Waals surface area contributed by atoms with Crippen LogP contribution in [-0.4, -0.2) is 6.10 Å². The van der Waals surface area contributed by atoms with E-state index in [2.05, 4.69) is 0 Å². The van der Waals surface area contributed by atoms with Crippen LogP contribution in [0.5, 0.6) is 5.75 Å². The van der Waals surface area contributed by atoms with Crippen LogP contribution in [0, 0.1) is 5.82 Å². The summed E-state index contributed by atoms with van der Waals surface area (Å²) in [7, 11) is 0. The van der Waals surface area contributed by atoms with Gasteiger partial charge in [-0.25, -0.2) is 4.39 Å². The number of halogens is 1. The number of rotatable bonds is 2. The van der Waals surface area contributed by atoms with Crippen LogP contribution in [0.1, 0.15) is 32.1 Å². The van der Waals surface area contributed by atoms with Gasteiger partial charge in [0, 0.05) is 6.07 Å². The molecular weight excluding hydrogens is 193 g/mol. The van der Waals surface area contributed by atoms with Crippen LogP contribution >= 0.6 is 0 Å². The minimum atomic E-state index is -0.316. The molecule has 3 heteroatoms. The molecule has 0 spiro atoms. The van der Waals surface area contributed by atoms with Crippen LogP contribution < -0.4 is 10.5 Å². The van der Waals surface area contributed by atoms with E-state index in [-0.39, 0.29) is 11.9 Å². The zero-order chi connectivity index (χ0) is 10.7. The molecule has 0 amide bonds. The molecule has 0 unspecified atom stereocenters. The largest absolute Gasteiger partial charge is 0.488 e. The number of ether oxygens (including phenoxy) is 1. The molecule has 0 heterocycles. The Morgan fingerprint density at radius 3 is 2.60 bits per heavy atom. The summed E-state index contributed by atoms with van der Waals surface area (Å²) in [5.41, 5.74) is 6.06. The van der Waals surface area contributed by atoms with Crippen molar-refractivity contribution in [2.24, 2.45) is 0 Å². The molecule has 2 N–H and O–H groups in total. The molecule has 0 saturated heterocycles. The maximum atomic E-state index is 12.8. The van der Waals surface area contributed by atoms with E-state index in [1.54, 1.807) is 6.07 Å². The van der Waals surface area contributed by atoms with Gasteiger partial charge < -0.3 is 10.5 Å². The lowest BCUT2D eigenvalue weighted by molar-refractivity contribution is 0.156. The lowest BCUT2D eigenvalue weighted by atomic mass is 9.98. The zero-order valence-corrected chi connectivity index (χ0v) is 8.71. The molecular formula is C12H16FNO. The van der Waals surface area contributed by atoms with Crippen LogP contribution in [0.2, 0.25) is 0 Å². The van der Waals surface area contributed by atoms with Crippen LogP contribution in [0.25, 0.3) is 0 Å². The molecule has 0 bridgehead atoms. The number of hydrogen-bond acceptors (Lipinski definition) is 2. The fraction of sp³-hybridized carbons (Fsp3) is 0.500. The molecule has 1 aliphatic carbocycles. The Hall–Kier alpha value is -1.25. The first kappa shape index (κ1) is 10.3. The number of nitrogens with two attached hydrogens (primary N) is 1. The Morgan fingerprint density at radius 2 is 1.93 bits per heavy atom. The highest BCUT2D eigenvalue weighted by molar-refractivity contribution is 5.52. The van der Waals surface area contributed by atoms with Gasteiger partial charge in [0.05, 0.1) is 11.8 Å². The predicted molar refractivity (Wildman–Crippen MR) is 58.3 cm³/mol. The lowest BCUT2D eigenvalue weighted by Gasteiger charge is -2.23. The van der Waals surface area contributed by atoms with E-state index in [1.807, 2.05) is 0 Å². The predicted octanol–water partition coefficient (Wildman–Crippen LogP) is 3.12. The fourth-order valence-electron chi connectivity index (χ4n) is 1.99. The van der Waals surface area contributed by atoms with Gasteiger partial charge in [0.2, 0.25) is 0 Å². The quantitative estimate of drug-likeness (QED) is 0.759. The average Bonchev–Trinajstić information content (AvgIpc) is 2.24. The van der Waals surface area contributed by atoms with Gasteiger partial charge >= 0.3 is 0 Å². The van der Waals surface area contributed by atoms with Crippen molar-refractivity contribution in [1.82, 2.24) is 0 Å². The Labute approximate surface area is 89.2 Å². The SMILES string of the molecule is Nc1cc(F)ccc1OC1CCCCC1. The molecule has 0 radical (unpaired) electrons. The average molecular weight is 209 g/mol. The molecule has 0 aliphatic heterocycles. The van der Waals surface area contributed by atoms with Crippen LogP contribution in [-0.2, 0) is 0 Å². The van der Waals surface area contributed by atoms with Crippen LogP contribution in [0.3, 0.4) is 0 Å². The molecule has 15 heavy (non-hydrogen) atoms. The molecule has 1 fully saturated rings. The van der Waals surface area contributed by atoms with E-state index in [4.69, 9.17) is 10.5 Å². The Kier molecular flexibility index (Phi) is 3.09. The van der Waals surface area contributed by atoms with E-state index in [0.717, 1.165) is 12.8 Å². The second-order valence-corrected chi connectivity index (χ2v) is 4.06. The molecule has 2 rings (SSSR count). The Morgan fingerprint density at radius 1 is 1.20 bits per heavy atom. The van der Waals surface area contributed by atoms with E-state index in [9.17, 15) is 4.39 Å².